The molecule has 1 aromatic heterocycles. The van der Waals surface area contributed by atoms with Crippen molar-refractivity contribution in [3.63, 3.8) is 0 Å². The van der Waals surface area contributed by atoms with Gasteiger partial charge in [0, 0.05) is 0 Å². The Morgan fingerprint density at radius 1 is 0.784 bits per heavy atom. The number of rotatable bonds is 7. The van der Waals surface area contributed by atoms with E-state index in [2.05, 4.69) is 9.44 Å². The quantitative estimate of drug-likeness (QED) is 0.244. The van der Waals surface area contributed by atoms with Crippen molar-refractivity contribution in [3.8, 4) is 11.1 Å². The van der Waals surface area contributed by atoms with Crippen molar-refractivity contribution in [3.05, 3.63) is 94.3 Å². The summed E-state index contributed by atoms with van der Waals surface area (Å²) in [6.45, 7) is 1.85. The average Bonchev–Trinajstić information content (AvgIpc) is 3.27. The fourth-order valence-electron chi connectivity index (χ4n) is 3.46. The second-order valence-electron chi connectivity index (χ2n) is 7.87. The van der Waals surface area contributed by atoms with Crippen molar-refractivity contribution in [1.29, 1.82) is 0 Å². The lowest BCUT2D eigenvalue weighted by Gasteiger charge is -2.17. The van der Waals surface area contributed by atoms with Gasteiger partial charge in [0.05, 0.1) is 26.2 Å². The third kappa shape index (κ3) is 6.09. The van der Waals surface area contributed by atoms with Gasteiger partial charge in [-0.3, -0.25) is 9.44 Å². The highest BCUT2D eigenvalue weighted by Crippen LogP contribution is 2.36. The molecule has 6 nitrogen and oxygen atoms in total. The van der Waals surface area contributed by atoms with Crippen molar-refractivity contribution in [2.75, 3.05) is 9.44 Å². The van der Waals surface area contributed by atoms with Crippen LogP contribution in [0.4, 0.5) is 24.5 Å². The van der Waals surface area contributed by atoms with Gasteiger partial charge < -0.3 is 0 Å². The van der Waals surface area contributed by atoms with Crippen molar-refractivity contribution in [2.45, 2.75) is 22.2 Å². The molecule has 2 N–H and O–H groups in total. The summed E-state index contributed by atoms with van der Waals surface area (Å²) in [7, 11) is -8.69. The lowest BCUT2D eigenvalue weighted by Crippen LogP contribution is -2.18. The molecule has 3 aromatic carbocycles. The summed E-state index contributed by atoms with van der Waals surface area (Å²) in [5.41, 5.74) is 0.737. The second-order valence-corrected chi connectivity index (χ2v) is 13.2. The minimum Gasteiger partial charge on any atom is -0.277 e. The molecular formula is C24H18ClF3N2O4S3. The number of hydrogen-bond donors (Lipinski definition) is 2. The summed E-state index contributed by atoms with van der Waals surface area (Å²) in [6.07, 6.45) is -4.75. The number of alkyl halides is 3. The van der Waals surface area contributed by atoms with Crippen LogP contribution in [0.2, 0.25) is 4.34 Å². The zero-order valence-corrected chi connectivity index (χ0v) is 22.1. The molecule has 4 rings (SSSR count). The molecule has 0 atom stereocenters. The molecule has 0 unspecified atom stereocenters. The predicted molar refractivity (Wildman–Crippen MR) is 139 cm³/mol. The maximum Gasteiger partial charge on any atom is 0.416 e. The van der Waals surface area contributed by atoms with E-state index in [0.717, 1.165) is 40.7 Å². The molecule has 0 aliphatic heterocycles. The molecular weight excluding hydrogens is 569 g/mol. The smallest absolute Gasteiger partial charge is 0.277 e. The number of nitrogens with one attached hydrogen (secondary N) is 2. The Morgan fingerprint density at radius 2 is 1.49 bits per heavy atom. The zero-order valence-electron chi connectivity index (χ0n) is 18.9. The third-order valence-corrected chi connectivity index (χ3v) is 9.70. The first kappa shape index (κ1) is 27.0. The number of anilines is 2. The molecule has 0 saturated heterocycles. The van der Waals surface area contributed by atoms with Gasteiger partial charge in [-0.15, -0.1) is 11.3 Å². The molecule has 0 aliphatic rings. The molecule has 0 saturated carbocycles. The van der Waals surface area contributed by atoms with Crippen LogP contribution in [-0.2, 0) is 26.2 Å². The Bertz CT molecular complexity index is 1690. The number of sulfonamides is 2. The summed E-state index contributed by atoms with van der Waals surface area (Å²) < 4.78 is 96.3. The van der Waals surface area contributed by atoms with Crippen LogP contribution in [0.3, 0.4) is 0 Å². The van der Waals surface area contributed by atoms with Crippen LogP contribution in [0.25, 0.3) is 11.1 Å². The first-order valence-corrected chi connectivity index (χ1v) is 14.6. The van der Waals surface area contributed by atoms with E-state index in [1.165, 1.54) is 24.3 Å². The highest BCUT2D eigenvalue weighted by Gasteiger charge is 2.32. The lowest BCUT2D eigenvalue weighted by atomic mass is 10.00. The van der Waals surface area contributed by atoms with E-state index < -0.39 is 36.7 Å². The molecule has 0 radical (unpaired) electrons. The Balaban J connectivity index is 1.80. The number of thiophene rings is 1. The molecule has 0 spiro atoms. The minimum absolute atomic E-state index is 0.104. The van der Waals surface area contributed by atoms with E-state index in [4.69, 9.17) is 11.6 Å². The van der Waals surface area contributed by atoms with Gasteiger partial charge in [0.2, 0.25) is 0 Å². The molecule has 13 heteroatoms. The van der Waals surface area contributed by atoms with Crippen LogP contribution in [0.5, 0.6) is 0 Å². The molecule has 0 bridgehead atoms. The molecule has 0 amide bonds. The fraction of sp³-hybridized carbons (Fsp3) is 0.0833. The predicted octanol–water partition coefficient (Wildman–Crippen LogP) is 7.00. The highest BCUT2D eigenvalue weighted by atomic mass is 35.5. The second kappa shape index (κ2) is 10.0. The summed E-state index contributed by atoms with van der Waals surface area (Å²) in [4.78, 5) is -0.637. The van der Waals surface area contributed by atoms with Gasteiger partial charge in [-0.2, -0.15) is 13.2 Å². The van der Waals surface area contributed by atoms with Crippen LogP contribution >= 0.6 is 22.9 Å². The number of benzene rings is 3. The Labute approximate surface area is 220 Å². The van der Waals surface area contributed by atoms with E-state index in [1.54, 1.807) is 18.2 Å². The fourth-order valence-corrected chi connectivity index (χ4v) is 7.14. The third-order valence-electron chi connectivity index (χ3n) is 5.25. The topological polar surface area (TPSA) is 92.3 Å². The molecule has 37 heavy (non-hydrogen) atoms. The number of hydrogen-bond acceptors (Lipinski definition) is 5. The van der Waals surface area contributed by atoms with Crippen LogP contribution in [0.15, 0.2) is 88.0 Å². The van der Waals surface area contributed by atoms with Crippen LogP contribution in [0.1, 0.15) is 11.1 Å². The summed E-state index contributed by atoms with van der Waals surface area (Å²) in [6, 6.07) is 17.6. The van der Waals surface area contributed by atoms with Gasteiger partial charge in [0.25, 0.3) is 20.0 Å². The van der Waals surface area contributed by atoms with Crippen molar-refractivity contribution in [1.82, 2.24) is 0 Å². The average molecular weight is 587 g/mol. The van der Waals surface area contributed by atoms with Gasteiger partial charge in [-0.1, -0.05) is 48.0 Å². The molecule has 1 heterocycles. The highest BCUT2D eigenvalue weighted by molar-refractivity contribution is 7.94. The first-order valence-electron chi connectivity index (χ1n) is 10.4. The summed E-state index contributed by atoms with van der Waals surface area (Å²) >= 11 is 6.66. The van der Waals surface area contributed by atoms with Gasteiger partial charge in [-0.05, 0) is 66.1 Å². The van der Waals surface area contributed by atoms with Crippen LogP contribution < -0.4 is 9.44 Å². The number of halogens is 4. The number of aryl methyl sites for hydroxylation is 1. The molecule has 4 aromatic rings. The lowest BCUT2D eigenvalue weighted by molar-refractivity contribution is -0.137. The maximum atomic E-state index is 13.2. The van der Waals surface area contributed by atoms with Crippen molar-refractivity contribution < 1.29 is 30.0 Å². The Kier molecular flexibility index (Phi) is 7.30. The standard InChI is InChI=1S/C24H18ClF3N2O4S3/c1-15-5-2-3-8-19(15)16-9-10-20(29-37(33,34)23-12-11-22(25)35-23)21(13-16)30-36(31,32)18-7-4-6-17(14-18)24(26,27)28/h2-14,29-30H,1H3. The minimum atomic E-state index is -4.75. The summed E-state index contributed by atoms with van der Waals surface area (Å²) in [5, 5.41) is 0. The molecule has 0 aliphatic carbocycles. The van der Waals surface area contributed by atoms with E-state index in [-0.39, 0.29) is 19.9 Å². The van der Waals surface area contributed by atoms with E-state index in [0.29, 0.717) is 11.6 Å². The molecule has 194 valence electrons. The maximum absolute atomic E-state index is 13.2. The van der Waals surface area contributed by atoms with Gasteiger partial charge in [0.15, 0.2) is 0 Å². The Morgan fingerprint density at radius 3 is 2.14 bits per heavy atom. The molecule has 0 fully saturated rings. The summed E-state index contributed by atoms with van der Waals surface area (Å²) in [5.74, 6) is 0. The van der Waals surface area contributed by atoms with Gasteiger partial charge >= 0.3 is 6.18 Å². The largest absolute Gasteiger partial charge is 0.416 e. The first-order chi connectivity index (χ1) is 17.3. The zero-order chi connectivity index (χ0) is 27.0. The van der Waals surface area contributed by atoms with E-state index in [9.17, 15) is 30.0 Å². The Hall–Kier alpha value is -3.06. The SMILES string of the molecule is Cc1ccccc1-c1ccc(NS(=O)(=O)c2ccc(Cl)s2)c(NS(=O)(=O)c2cccc(C(F)(F)F)c2)c1. The monoisotopic (exact) mass is 586 g/mol. The van der Waals surface area contributed by atoms with E-state index in [1.807, 2.05) is 19.1 Å². The van der Waals surface area contributed by atoms with Crippen LogP contribution in [0, 0.1) is 6.92 Å². The van der Waals surface area contributed by atoms with Gasteiger partial charge in [0.1, 0.15) is 4.21 Å². The van der Waals surface area contributed by atoms with Crippen LogP contribution in [-0.4, -0.2) is 16.8 Å². The van der Waals surface area contributed by atoms with Crippen molar-refractivity contribution >= 4 is 54.4 Å². The normalized spacial score (nSPS) is 12.4. The van der Waals surface area contributed by atoms with E-state index >= 15 is 0 Å². The van der Waals surface area contributed by atoms with Gasteiger partial charge in [-0.25, -0.2) is 16.8 Å². The van der Waals surface area contributed by atoms with Crippen molar-refractivity contribution in [2.24, 2.45) is 0 Å².